The van der Waals surface area contributed by atoms with E-state index in [0.29, 0.717) is 11.1 Å². The predicted molar refractivity (Wildman–Crippen MR) is 126 cm³/mol. The second-order valence-corrected chi connectivity index (χ2v) is 8.71. The Hall–Kier alpha value is -3.20. The van der Waals surface area contributed by atoms with Crippen LogP contribution in [0.15, 0.2) is 41.7 Å². The topological polar surface area (TPSA) is 202 Å². The minimum absolute atomic E-state index is 0.00894. The maximum absolute atomic E-state index is 12.7. The van der Waals surface area contributed by atoms with Crippen molar-refractivity contribution >= 4 is 11.9 Å². The number of carbonyl (C=O) groups is 2. The highest BCUT2D eigenvalue weighted by Gasteiger charge is 2.46. The van der Waals surface area contributed by atoms with E-state index in [2.05, 4.69) is 0 Å². The number of benzene rings is 1. The van der Waals surface area contributed by atoms with Crippen LogP contribution in [0.5, 0.6) is 11.5 Å². The SMILES string of the molecule is C/C=C1/[C@H](O[C@@H]2O[C@H](CO)[C@@H](O)[C@H](O)[C@H]2O)OC=C(C(=O)OC)[C@H]1CC(=O)OCCc1ccc(O)c(O)c1. The summed E-state index contributed by atoms with van der Waals surface area (Å²) < 4.78 is 26.7. The van der Waals surface area contributed by atoms with Crippen LogP contribution in [-0.2, 0) is 39.7 Å². The van der Waals surface area contributed by atoms with Crippen molar-refractivity contribution in [2.45, 2.75) is 56.8 Å². The van der Waals surface area contributed by atoms with Crippen molar-refractivity contribution in [1.29, 1.82) is 0 Å². The summed E-state index contributed by atoms with van der Waals surface area (Å²) in [5, 5.41) is 58.8. The van der Waals surface area contributed by atoms with Gasteiger partial charge in [0, 0.05) is 17.9 Å². The predicted octanol–water partition coefficient (Wildman–Crippen LogP) is -0.634. The van der Waals surface area contributed by atoms with Gasteiger partial charge in [-0.3, -0.25) is 4.79 Å². The molecule has 2 heterocycles. The summed E-state index contributed by atoms with van der Waals surface area (Å²) in [6.07, 6.45) is -6.39. The molecule has 210 valence electrons. The number of ether oxygens (including phenoxy) is 5. The van der Waals surface area contributed by atoms with Crippen molar-refractivity contribution < 1.29 is 63.9 Å². The van der Waals surface area contributed by atoms with Gasteiger partial charge in [0.15, 0.2) is 17.8 Å². The van der Waals surface area contributed by atoms with Crippen LogP contribution < -0.4 is 0 Å². The molecule has 0 unspecified atom stereocenters. The fourth-order valence-corrected chi connectivity index (χ4v) is 4.16. The van der Waals surface area contributed by atoms with E-state index in [1.807, 2.05) is 0 Å². The Balaban J connectivity index is 1.71. The van der Waals surface area contributed by atoms with E-state index in [1.54, 1.807) is 19.1 Å². The molecule has 2 aliphatic heterocycles. The lowest BCUT2D eigenvalue weighted by Crippen LogP contribution is -2.60. The molecule has 7 atom stereocenters. The normalized spacial score (nSPS) is 30.3. The molecule has 0 spiro atoms. The number of esters is 2. The fraction of sp³-hybridized carbons (Fsp3) is 0.520. The van der Waals surface area contributed by atoms with E-state index in [0.717, 1.165) is 13.4 Å². The highest BCUT2D eigenvalue weighted by molar-refractivity contribution is 5.90. The zero-order chi connectivity index (χ0) is 28.0. The molecule has 6 N–H and O–H groups in total. The maximum atomic E-state index is 12.7. The van der Waals surface area contributed by atoms with Crippen LogP contribution >= 0.6 is 0 Å². The summed E-state index contributed by atoms with van der Waals surface area (Å²) in [6.45, 7) is 0.912. The molecular formula is C25H32O13. The minimum Gasteiger partial charge on any atom is -0.504 e. The average Bonchev–Trinajstić information content (AvgIpc) is 2.90. The molecule has 13 nitrogen and oxygen atoms in total. The van der Waals surface area contributed by atoms with E-state index in [4.69, 9.17) is 23.7 Å². The van der Waals surface area contributed by atoms with Gasteiger partial charge in [0.2, 0.25) is 6.29 Å². The quantitative estimate of drug-likeness (QED) is 0.131. The van der Waals surface area contributed by atoms with Gasteiger partial charge in [-0.05, 0) is 24.6 Å². The molecular weight excluding hydrogens is 508 g/mol. The van der Waals surface area contributed by atoms with Crippen molar-refractivity contribution in [1.82, 2.24) is 0 Å². The largest absolute Gasteiger partial charge is 0.504 e. The summed E-state index contributed by atoms with van der Waals surface area (Å²) in [5.74, 6) is -2.89. The second kappa shape index (κ2) is 13.0. The summed E-state index contributed by atoms with van der Waals surface area (Å²) >= 11 is 0. The van der Waals surface area contributed by atoms with Crippen LogP contribution in [0.2, 0.25) is 0 Å². The summed E-state index contributed by atoms with van der Waals surface area (Å²) in [5.41, 5.74) is 0.927. The first-order valence-corrected chi connectivity index (χ1v) is 11.8. The first kappa shape index (κ1) is 29.4. The van der Waals surface area contributed by atoms with Gasteiger partial charge >= 0.3 is 11.9 Å². The summed E-state index contributed by atoms with van der Waals surface area (Å²) in [7, 11) is 1.16. The number of hydrogen-bond donors (Lipinski definition) is 6. The standard InChI is InChI=1S/C25H32O13/c1-3-13-14(9-19(29)35-7-6-12-4-5-16(27)17(28)8-12)15(23(33)34-2)11-36-24(13)38-25-22(32)21(31)20(30)18(10-26)37-25/h3-5,8,11,14,18,20-22,24-28,30-32H,6-7,9-10H2,1-2H3/b13-3+/t14-,18+,20+,21-,22+,24-,25-/m0/s1. The van der Waals surface area contributed by atoms with Crippen molar-refractivity contribution in [3.8, 4) is 11.5 Å². The van der Waals surface area contributed by atoms with Gasteiger partial charge in [0.25, 0.3) is 0 Å². The number of rotatable bonds is 9. The van der Waals surface area contributed by atoms with Crippen molar-refractivity contribution in [2.24, 2.45) is 5.92 Å². The number of phenolic OH excluding ortho intramolecular Hbond substituents is 2. The van der Waals surface area contributed by atoms with Crippen molar-refractivity contribution in [2.75, 3.05) is 20.3 Å². The van der Waals surface area contributed by atoms with E-state index in [1.165, 1.54) is 12.1 Å². The third-order valence-electron chi connectivity index (χ3n) is 6.29. The maximum Gasteiger partial charge on any atom is 0.337 e. The Morgan fingerprint density at radius 3 is 2.45 bits per heavy atom. The third-order valence-corrected chi connectivity index (χ3v) is 6.29. The number of phenols is 2. The fourth-order valence-electron chi connectivity index (χ4n) is 4.16. The van der Waals surface area contributed by atoms with Gasteiger partial charge in [-0.2, -0.15) is 0 Å². The first-order chi connectivity index (χ1) is 18.1. The molecule has 13 heteroatoms. The third kappa shape index (κ3) is 6.62. The lowest BCUT2D eigenvalue weighted by molar-refractivity contribution is -0.327. The molecule has 1 fully saturated rings. The van der Waals surface area contributed by atoms with E-state index in [9.17, 15) is 40.2 Å². The number of allylic oxidation sites excluding steroid dienone is 1. The van der Waals surface area contributed by atoms with Crippen LogP contribution in [0.1, 0.15) is 18.9 Å². The average molecular weight is 541 g/mol. The minimum atomic E-state index is -1.69. The van der Waals surface area contributed by atoms with Crippen LogP contribution in [0.25, 0.3) is 0 Å². The van der Waals surface area contributed by atoms with Crippen molar-refractivity contribution in [3.63, 3.8) is 0 Å². The van der Waals surface area contributed by atoms with Gasteiger partial charge in [0.05, 0.1) is 38.6 Å². The van der Waals surface area contributed by atoms with E-state index in [-0.39, 0.29) is 36.5 Å². The van der Waals surface area contributed by atoms with Crippen LogP contribution in [0.4, 0.5) is 0 Å². The number of carbonyl (C=O) groups excluding carboxylic acids is 2. The highest BCUT2D eigenvalue weighted by atomic mass is 16.8. The van der Waals surface area contributed by atoms with Gasteiger partial charge in [0.1, 0.15) is 24.4 Å². The Labute approximate surface area is 218 Å². The number of methoxy groups -OCH3 is 1. The Morgan fingerprint density at radius 1 is 1.08 bits per heavy atom. The molecule has 0 amide bonds. The molecule has 1 aromatic carbocycles. The Bertz CT molecular complexity index is 1050. The van der Waals surface area contributed by atoms with Gasteiger partial charge in [-0.25, -0.2) is 4.79 Å². The van der Waals surface area contributed by atoms with Gasteiger partial charge < -0.3 is 54.3 Å². The summed E-state index contributed by atoms with van der Waals surface area (Å²) in [6, 6.07) is 4.23. The molecule has 0 aromatic heterocycles. The highest BCUT2D eigenvalue weighted by Crippen LogP contribution is 2.36. The molecule has 0 radical (unpaired) electrons. The molecule has 0 aliphatic carbocycles. The molecule has 1 saturated heterocycles. The van der Waals surface area contributed by atoms with Crippen molar-refractivity contribution in [3.05, 3.63) is 47.2 Å². The van der Waals surface area contributed by atoms with Gasteiger partial charge in [-0.15, -0.1) is 0 Å². The molecule has 3 rings (SSSR count). The number of aromatic hydroxyl groups is 2. The summed E-state index contributed by atoms with van der Waals surface area (Å²) in [4.78, 5) is 25.1. The monoisotopic (exact) mass is 540 g/mol. The van der Waals surface area contributed by atoms with Crippen LogP contribution in [0.3, 0.4) is 0 Å². The first-order valence-electron chi connectivity index (χ1n) is 11.8. The van der Waals surface area contributed by atoms with E-state index < -0.39 is 61.5 Å². The second-order valence-electron chi connectivity index (χ2n) is 8.71. The number of aliphatic hydroxyl groups is 4. The molecule has 0 bridgehead atoms. The van der Waals surface area contributed by atoms with Gasteiger partial charge in [-0.1, -0.05) is 12.1 Å². The smallest absolute Gasteiger partial charge is 0.337 e. The zero-order valence-electron chi connectivity index (χ0n) is 20.8. The molecule has 0 saturated carbocycles. The Morgan fingerprint density at radius 2 is 1.82 bits per heavy atom. The van der Waals surface area contributed by atoms with Crippen LogP contribution in [0, 0.1) is 5.92 Å². The van der Waals surface area contributed by atoms with E-state index >= 15 is 0 Å². The number of hydrogen-bond acceptors (Lipinski definition) is 13. The van der Waals surface area contributed by atoms with Crippen LogP contribution in [-0.4, -0.2) is 99.9 Å². The Kier molecular flexibility index (Phi) is 10.1. The number of aliphatic hydroxyl groups excluding tert-OH is 4. The lowest BCUT2D eigenvalue weighted by atomic mass is 9.86. The zero-order valence-corrected chi connectivity index (χ0v) is 20.8. The molecule has 1 aromatic rings. The molecule has 38 heavy (non-hydrogen) atoms. The lowest BCUT2D eigenvalue weighted by Gasteiger charge is -2.41. The molecule has 2 aliphatic rings.